The molecule has 2 bridgehead atoms. The minimum absolute atomic E-state index is 0.0700. The van der Waals surface area contributed by atoms with Crippen molar-refractivity contribution in [1.82, 2.24) is 29.0 Å². The highest BCUT2D eigenvalue weighted by Gasteiger charge is 2.47. The molecule has 11 nitrogen and oxygen atoms in total. The van der Waals surface area contributed by atoms with Gasteiger partial charge in [-0.1, -0.05) is 101 Å². The van der Waals surface area contributed by atoms with Crippen LogP contribution in [0.15, 0.2) is 63.1 Å². The number of ether oxygens (including phenoxy) is 2. The van der Waals surface area contributed by atoms with E-state index in [0.29, 0.717) is 37.8 Å². The molecule has 0 spiro atoms. The first-order valence-corrected chi connectivity index (χ1v) is 24.4. The summed E-state index contributed by atoms with van der Waals surface area (Å²) in [5.41, 5.74) is 4.98. The second kappa shape index (κ2) is 19.1. The molecule has 1 saturated carbocycles. The molecule has 2 saturated heterocycles. The number of rotatable bonds is 19. The number of aromatic nitrogens is 5. The molecule has 1 amide bonds. The lowest BCUT2D eigenvalue weighted by molar-refractivity contribution is 0.0214. The Morgan fingerprint density at radius 3 is 2.30 bits per heavy atom. The Kier molecular flexibility index (Phi) is 13.6. The fraction of sp³-hybridized carbons (Fsp3) is 0.562. The highest BCUT2D eigenvalue weighted by Crippen LogP contribution is 2.50. The van der Waals surface area contributed by atoms with Gasteiger partial charge in [-0.15, -0.1) is 0 Å². The Balaban J connectivity index is 1.03. The zero-order chi connectivity index (χ0) is 42.7. The van der Waals surface area contributed by atoms with Crippen molar-refractivity contribution >= 4 is 61.7 Å². The number of likely N-dealkylation sites (tertiary alicyclic amines) is 1. The number of anilines is 1. The molecule has 0 unspecified atom stereocenters. The Morgan fingerprint density at radius 1 is 0.918 bits per heavy atom. The molecule has 5 aromatic rings. The maximum atomic E-state index is 13.2. The van der Waals surface area contributed by atoms with Crippen LogP contribution in [-0.4, -0.2) is 71.6 Å². The van der Waals surface area contributed by atoms with E-state index in [4.69, 9.17) is 19.4 Å². The fourth-order valence-electron chi connectivity index (χ4n) is 8.99. The normalized spacial score (nSPS) is 17.6. The van der Waals surface area contributed by atoms with E-state index in [-0.39, 0.29) is 23.9 Å². The van der Waals surface area contributed by atoms with Gasteiger partial charge in [0.15, 0.2) is 16.6 Å². The molecule has 8 rings (SSSR count). The smallest absolute Gasteiger partial charge is 0.410 e. The van der Waals surface area contributed by atoms with Crippen LogP contribution in [0, 0.1) is 0 Å². The van der Waals surface area contributed by atoms with Gasteiger partial charge >= 0.3 is 11.8 Å². The summed E-state index contributed by atoms with van der Waals surface area (Å²) in [6.07, 6.45) is 17.7. The second-order valence-electron chi connectivity index (χ2n) is 18.3. The van der Waals surface area contributed by atoms with Crippen LogP contribution in [0.2, 0.25) is 0 Å². The molecule has 1 aliphatic carbocycles. The fourth-order valence-corrected chi connectivity index (χ4v) is 10.6. The number of hydrogen-bond acceptors (Lipinski definition) is 9. The average Bonchev–Trinajstić information content (AvgIpc) is 3.81. The van der Waals surface area contributed by atoms with Crippen molar-refractivity contribution in [1.29, 1.82) is 0 Å². The van der Waals surface area contributed by atoms with Gasteiger partial charge in [-0.2, -0.15) is 0 Å². The van der Waals surface area contributed by atoms with Crippen molar-refractivity contribution in [3.05, 3.63) is 80.3 Å². The molecule has 2 aromatic carbocycles. The zero-order valence-electron chi connectivity index (χ0n) is 36.6. The third kappa shape index (κ3) is 10.1. The molecule has 0 radical (unpaired) electrons. The molecule has 61 heavy (non-hydrogen) atoms. The van der Waals surface area contributed by atoms with Gasteiger partial charge in [0, 0.05) is 37.5 Å². The van der Waals surface area contributed by atoms with Crippen LogP contribution < -0.4 is 15.3 Å². The largest absolute Gasteiger partial charge is 0.485 e. The molecule has 2 aliphatic heterocycles. The van der Waals surface area contributed by atoms with Gasteiger partial charge in [0.05, 0.1) is 28.6 Å². The van der Waals surface area contributed by atoms with Crippen LogP contribution in [0.1, 0.15) is 134 Å². The number of nitrogens with zero attached hydrogens (tertiary/aromatic N) is 7. The topological polar surface area (TPSA) is 108 Å². The van der Waals surface area contributed by atoms with E-state index in [1.807, 2.05) is 37.8 Å². The van der Waals surface area contributed by atoms with Gasteiger partial charge in [-0.05, 0) is 103 Å². The van der Waals surface area contributed by atoms with Gasteiger partial charge in [-0.3, -0.25) is 9.13 Å². The molecular weight excluding hydrogens is 851 g/mol. The lowest BCUT2D eigenvalue weighted by atomic mass is 10.1. The van der Waals surface area contributed by atoms with E-state index in [1.54, 1.807) is 34.1 Å². The summed E-state index contributed by atoms with van der Waals surface area (Å²) in [6, 6.07) is 14.6. The van der Waals surface area contributed by atoms with Gasteiger partial charge < -0.3 is 19.3 Å². The van der Waals surface area contributed by atoms with Crippen molar-refractivity contribution < 1.29 is 14.3 Å². The number of aryl methyl sites for hydroxylation is 1. The maximum Gasteiger partial charge on any atom is 0.410 e. The van der Waals surface area contributed by atoms with Gasteiger partial charge in [-0.25, -0.2) is 24.5 Å². The van der Waals surface area contributed by atoms with Gasteiger partial charge in [0.2, 0.25) is 0 Å². The minimum atomic E-state index is -0.539. The number of imidazole rings is 1. The number of pyridine rings is 1. The number of piperazine rings is 1. The Labute approximate surface area is 373 Å². The van der Waals surface area contributed by atoms with Crippen LogP contribution in [0.3, 0.4) is 0 Å². The van der Waals surface area contributed by atoms with E-state index in [0.717, 1.165) is 80.2 Å². The van der Waals surface area contributed by atoms with Crippen LogP contribution >= 0.6 is 27.7 Å². The molecule has 3 aromatic heterocycles. The van der Waals surface area contributed by atoms with Crippen LogP contribution in [-0.2, 0) is 24.9 Å². The predicted molar refractivity (Wildman–Crippen MR) is 249 cm³/mol. The third-order valence-corrected chi connectivity index (χ3v) is 14.2. The summed E-state index contributed by atoms with van der Waals surface area (Å²) in [4.78, 5) is 45.7. The Hall–Kier alpha value is -4.10. The number of hydrogen-bond donors (Lipinski definition) is 0. The molecule has 3 fully saturated rings. The van der Waals surface area contributed by atoms with Crippen LogP contribution in [0.5, 0.6) is 5.75 Å². The number of carbonyl (C=O) groups is 1. The number of fused-ring (bicyclic) bond motifs is 4. The van der Waals surface area contributed by atoms with Crippen molar-refractivity contribution in [3.8, 4) is 5.75 Å². The minimum Gasteiger partial charge on any atom is -0.485 e. The van der Waals surface area contributed by atoms with Crippen LogP contribution in [0.25, 0.3) is 22.1 Å². The second-order valence-corrected chi connectivity index (χ2v) is 20.2. The number of benzene rings is 2. The molecule has 13 heteroatoms. The number of unbranched alkanes of at least 4 members (excludes halogenated alkanes) is 9. The highest BCUT2D eigenvalue weighted by molar-refractivity contribution is 9.10. The molecular formula is C48H62BrN7O4S. The quantitative estimate of drug-likeness (QED) is 0.0455. The average molecular weight is 913 g/mol. The molecule has 3 aliphatic rings. The van der Waals surface area contributed by atoms with E-state index in [1.165, 1.54) is 63.4 Å². The van der Waals surface area contributed by atoms with Gasteiger partial charge in [0.25, 0.3) is 0 Å². The zero-order valence-corrected chi connectivity index (χ0v) is 39.0. The predicted octanol–water partition coefficient (Wildman–Crippen LogP) is 11.2. The first-order chi connectivity index (χ1) is 29.5. The van der Waals surface area contributed by atoms with Crippen molar-refractivity contribution in [2.24, 2.45) is 7.05 Å². The lowest BCUT2D eigenvalue weighted by Gasteiger charge is -2.36. The monoisotopic (exact) mass is 911 g/mol. The summed E-state index contributed by atoms with van der Waals surface area (Å²) in [6.45, 7) is 10.2. The Morgan fingerprint density at radius 2 is 1.62 bits per heavy atom. The Bertz CT molecular complexity index is 2390. The number of carbonyl (C=O) groups excluding carboxylic acids is 1. The van der Waals surface area contributed by atoms with Crippen molar-refractivity contribution in [2.75, 3.05) is 23.7 Å². The SMILES string of the molecule is CCCCCCCCCCCCSc1nc(N2C[C@@H]3C[C@H]2CN3C(=O)OC(C)(C)C)c2cc(C3CC3)c(Br)c(OCc3ccc(Cn4c(=O)n(C)c5ncccc54)cc3)c2n1. The molecule has 5 heterocycles. The summed E-state index contributed by atoms with van der Waals surface area (Å²) >= 11 is 5.76. The summed E-state index contributed by atoms with van der Waals surface area (Å²) in [5.74, 6) is 3.12. The van der Waals surface area contributed by atoms with Gasteiger partial charge in [0.1, 0.15) is 23.5 Å². The third-order valence-electron chi connectivity index (χ3n) is 12.4. The number of thioether (sulfide) groups is 1. The summed E-state index contributed by atoms with van der Waals surface area (Å²) in [5, 5.41) is 1.77. The van der Waals surface area contributed by atoms with E-state index in [9.17, 15) is 9.59 Å². The maximum absolute atomic E-state index is 13.2. The van der Waals surface area contributed by atoms with E-state index >= 15 is 0 Å². The van der Waals surface area contributed by atoms with Crippen molar-refractivity contribution in [3.63, 3.8) is 0 Å². The van der Waals surface area contributed by atoms with Crippen LogP contribution in [0.4, 0.5) is 10.6 Å². The molecule has 0 N–H and O–H groups in total. The lowest BCUT2D eigenvalue weighted by Crippen LogP contribution is -2.50. The summed E-state index contributed by atoms with van der Waals surface area (Å²) in [7, 11) is 1.76. The van der Waals surface area contributed by atoms with Crippen molar-refractivity contribution in [2.45, 2.75) is 153 Å². The van der Waals surface area contributed by atoms with E-state index in [2.05, 4.69) is 63.1 Å². The number of halogens is 1. The molecule has 326 valence electrons. The molecule has 2 atom stereocenters. The first-order valence-electron chi connectivity index (χ1n) is 22.6. The first kappa shape index (κ1) is 43.5. The number of amides is 1. The standard InChI is InChI=1S/C48H62BrN7O4S/c1-6-7-8-9-10-11-12-13-14-15-25-61-45-51-41-38(43(52-45)54-29-36-26-35(54)30-55(36)47(58)60-48(2,3)4)27-37(34-22-23-34)40(49)42(41)59-31-33-20-18-32(19-21-33)28-56-39-17-16-24-50-44(39)53(5)46(56)57/h16-21,24,27,34-36H,6-15,22-23,25-26,28-31H2,1-5H3/t35-,36-/m0/s1. The highest BCUT2D eigenvalue weighted by atomic mass is 79.9. The van der Waals surface area contributed by atoms with E-state index < -0.39 is 5.60 Å². The summed E-state index contributed by atoms with van der Waals surface area (Å²) < 4.78 is 17.0.